The summed E-state index contributed by atoms with van der Waals surface area (Å²) in [4.78, 5) is 8.07. The molecule has 0 radical (unpaired) electrons. The van der Waals surface area contributed by atoms with Crippen LogP contribution in [0.2, 0.25) is 0 Å². The van der Waals surface area contributed by atoms with Crippen LogP contribution in [0.5, 0.6) is 5.88 Å². The van der Waals surface area contributed by atoms with E-state index in [0.29, 0.717) is 5.88 Å². The van der Waals surface area contributed by atoms with Gasteiger partial charge in [0.15, 0.2) is 0 Å². The summed E-state index contributed by atoms with van der Waals surface area (Å²) < 4.78 is 5.08. The van der Waals surface area contributed by atoms with Gasteiger partial charge in [0.1, 0.15) is 0 Å². The van der Waals surface area contributed by atoms with Crippen molar-refractivity contribution in [3.8, 4) is 5.88 Å². The normalized spacial score (nSPS) is 11.9. The molecule has 1 N–H and O–H groups in total. The van der Waals surface area contributed by atoms with Crippen LogP contribution in [-0.4, -0.2) is 17.1 Å². The zero-order valence-electron chi connectivity index (χ0n) is 9.92. The van der Waals surface area contributed by atoms with Gasteiger partial charge in [-0.05, 0) is 30.7 Å². The molecule has 2 aromatic heterocycles. The molecule has 17 heavy (non-hydrogen) atoms. The fourth-order valence-electron chi connectivity index (χ4n) is 1.60. The maximum atomic E-state index is 5.08. The van der Waals surface area contributed by atoms with Crippen molar-refractivity contribution in [2.24, 2.45) is 0 Å². The Morgan fingerprint density at radius 3 is 2.65 bits per heavy atom. The summed E-state index contributed by atoms with van der Waals surface area (Å²) in [5.74, 6) is 0.608. The van der Waals surface area contributed by atoms with Gasteiger partial charge in [-0.3, -0.25) is 4.98 Å². The number of rotatable bonds is 4. The number of hydrogen-bond donors (Lipinski definition) is 1. The largest absolute Gasteiger partial charge is 0.481 e. The third-order valence-electron chi connectivity index (χ3n) is 2.53. The van der Waals surface area contributed by atoms with E-state index in [-0.39, 0.29) is 6.04 Å². The first-order valence-electron chi connectivity index (χ1n) is 5.46. The van der Waals surface area contributed by atoms with Crippen LogP contribution < -0.4 is 10.1 Å². The summed E-state index contributed by atoms with van der Waals surface area (Å²) in [6.07, 6.45) is 5.31. The highest BCUT2D eigenvalue weighted by Gasteiger charge is 2.05. The highest BCUT2D eigenvalue weighted by Crippen LogP contribution is 2.20. The molecule has 0 aliphatic heterocycles. The zero-order chi connectivity index (χ0) is 12.1. The number of pyridine rings is 2. The first-order valence-corrected chi connectivity index (χ1v) is 5.46. The minimum atomic E-state index is 0.213. The van der Waals surface area contributed by atoms with E-state index >= 15 is 0 Å². The quantitative estimate of drug-likeness (QED) is 0.875. The van der Waals surface area contributed by atoms with Gasteiger partial charge in [-0.25, -0.2) is 4.98 Å². The maximum absolute atomic E-state index is 5.08. The Bertz CT molecular complexity index is 473. The van der Waals surface area contributed by atoms with E-state index in [4.69, 9.17) is 4.74 Å². The molecule has 1 atom stereocenters. The first-order chi connectivity index (χ1) is 8.29. The predicted molar refractivity (Wildman–Crippen MR) is 67.1 cm³/mol. The average Bonchev–Trinajstić information content (AvgIpc) is 2.40. The summed E-state index contributed by atoms with van der Waals surface area (Å²) in [5, 5.41) is 3.39. The molecule has 0 aliphatic carbocycles. The van der Waals surface area contributed by atoms with Gasteiger partial charge in [0.05, 0.1) is 7.11 Å². The van der Waals surface area contributed by atoms with Gasteiger partial charge in [-0.1, -0.05) is 0 Å². The lowest BCUT2D eigenvalue weighted by Gasteiger charge is -2.15. The summed E-state index contributed by atoms with van der Waals surface area (Å²) in [5.41, 5.74) is 2.18. The molecule has 2 heterocycles. The van der Waals surface area contributed by atoms with Crippen molar-refractivity contribution in [2.75, 3.05) is 12.4 Å². The summed E-state index contributed by atoms with van der Waals surface area (Å²) in [6.45, 7) is 2.10. The second kappa shape index (κ2) is 5.30. The number of methoxy groups -OCH3 is 1. The van der Waals surface area contributed by atoms with Crippen LogP contribution in [0.25, 0.3) is 0 Å². The second-order valence-corrected chi connectivity index (χ2v) is 3.73. The Morgan fingerprint density at radius 1 is 1.18 bits per heavy atom. The molecule has 0 saturated heterocycles. The summed E-state index contributed by atoms with van der Waals surface area (Å²) >= 11 is 0. The molecule has 0 bridgehead atoms. The Labute approximate surface area is 101 Å². The highest BCUT2D eigenvalue weighted by atomic mass is 16.5. The van der Waals surface area contributed by atoms with Gasteiger partial charge in [-0.2, -0.15) is 0 Å². The van der Waals surface area contributed by atoms with Crippen LogP contribution in [0, 0.1) is 0 Å². The fourth-order valence-corrected chi connectivity index (χ4v) is 1.60. The third kappa shape index (κ3) is 2.93. The molecule has 88 valence electrons. The number of nitrogens with zero attached hydrogens (tertiary/aromatic N) is 2. The SMILES string of the molecule is COc1cc(NC(C)c2ccncc2)ccn1. The van der Waals surface area contributed by atoms with Crippen molar-refractivity contribution in [2.45, 2.75) is 13.0 Å². The van der Waals surface area contributed by atoms with Gasteiger partial charge >= 0.3 is 0 Å². The number of nitrogens with one attached hydrogen (secondary N) is 1. The zero-order valence-corrected chi connectivity index (χ0v) is 9.92. The predicted octanol–water partition coefficient (Wildman–Crippen LogP) is 2.66. The van der Waals surface area contributed by atoms with Crippen LogP contribution in [0.4, 0.5) is 5.69 Å². The molecular formula is C13H15N3O. The van der Waals surface area contributed by atoms with Crippen molar-refractivity contribution >= 4 is 5.69 Å². The lowest BCUT2D eigenvalue weighted by atomic mass is 10.1. The first kappa shape index (κ1) is 11.4. The van der Waals surface area contributed by atoms with E-state index in [1.165, 1.54) is 5.56 Å². The van der Waals surface area contributed by atoms with Gasteiger partial charge < -0.3 is 10.1 Å². The van der Waals surface area contributed by atoms with Gasteiger partial charge in [-0.15, -0.1) is 0 Å². The maximum Gasteiger partial charge on any atom is 0.214 e. The number of hydrogen-bond acceptors (Lipinski definition) is 4. The van der Waals surface area contributed by atoms with Crippen LogP contribution in [-0.2, 0) is 0 Å². The fraction of sp³-hybridized carbons (Fsp3) is 0.231. The molecule has 0 saturated carbocycles. The molecule has 2 rings (SSSR count). The Morgan fingerprint density at radius 2 is 1.94 bits per heavy atom. The van der Waals surface area contributed by atoms with Crippen molar-refractivity contribution in [1.82, 2.24) is 9.97 Å². The van der Waals surface area contributed by atoms with Crippen molar-refractivity contribution in [3.05, 3.63) is 48.4 Å². The molecule has 4 nitrogen and oxygen atoms in total. The highest BCUT2D eigenvalue weighted by molar-refractivity contribution is 5.46. The smallest absolute Gasteiger partial charge is 0.214 e. The van der Waals surface area contributed by atoms with Crippen molar-refractivity contribution in [1.29, 1.82) is 0 Å². The second-order valence-electron chi connectivity index (χ2n) is 3.73. The summed E-state index contributed by atoms with van der Waals surface area (Å²) in [7, 11) is 1.61. The van der Waals surface area contributed by atoms with Crippen LogP contribution in [0.3, 0.4) is 0 Å². The Hall–Kier alpha value is -2.10. The molecule has 0 aliphatic rings. The molecule has 2 aromatic rings. The molecule has 0 aromatic carbocycles. The minimum absolute atomic E-state index is 0.213. The third-order valence-corrected chi connectivity index (χ3v) is 2.53. The average molecular weight is 229 g/mol. The molecule has 0 fully saturated rings. The lowest BCUT2D eigenvalue weighted by Crippen LogP contribution is -2.06. The molecule has 0 spiro atoms. The van der Waals surface area contributed by atoms with E-state index in [1.54, 1.807) is 25.7 Å². The molecule has 4 heteroatoms. The number of aromatic nitrogens is 2. The molecule has 1 unspecified atom stereocenters. The Kier molecular flexibility index (Phi) is 3.55. The minimum Gasteiger partial charge on any atom is -0.481 e. The van der Waals surface area contributed by atoms with E-state index < -0.39 is 0 Å². The van der Waals surface area contributed by atoms with Crippen LogP contribution in [0.15, 0.2) is 42.9 Å². The lowest BCUT2D eigenvalue weighted by molar-refractivity contribution is 0.398. The van der Waals surface area contributed by atoms with Crippen molar-refractivity contribution < 1.29 is 4.74 Å². The van der Waals surface area contributed by atoms with Gasteiger partial charge in [0.2, 0.25) is 5.88 Å². The van der Waals surface area contributed by atoms with E-state index in [9.17, 15) is 0 Å². The van der Waals surface area contributed by atoms with Crippen LogP contribution in [0.1, 0.15) is 18.5 Å². The summed E-state index contributed by atoms with van der Waals surface area (Å²) in [6, 6.07) is 7.99. The molecule has 0 amide bonds. The monoisotopic (exact) mass is 229 g/mol. The van der Waals surface area contributed by atoms with Gasteiger partial charge in [0.25, 0.3) is 0 Å². The van der Waals surface area contributed by atoms with Crippen molar-refractivity contribution in [3.63, 3.8) is 0 Å². The standard InChI is InChI=1S/C13H15N3O/c1-10(11-3-6-14-7-4-11)16-12-5-8-15-13(9-12)17-2/h3-10H,1-2H3,(H,15,16). The topological polar surface area (TPSA) is 47.0 Å². The molecular weight excluding hydrogens is 214 g/mol. The van der Waals surface area contributed by atoms with E-state index in [0.717, 1.165) is 5.69 Å². The van der Waals surface area contributed by atoms with Crippen LogP contribution >= 0.6 is 0 Å². The number of anilines is 1. The Balaban J connectivity index is 2.10. The number of ether oxygens (including phenoxy) is 1. The van der Waals surface area contributed by atoms with Gasteiger partial charge in [0, 0.05) is 36.4 Å². The van der Waals surface area contributed by atoms with E-state index in [1.807, 2.05) is 24.3 Å². The van der Waals surface area contributed by atoms with E-state index in [2.05, 4.69) is 22.2 Å².